The van der Waals surface area contributed by atoms with Crippen LogP contribution in [-0.2, 0) is 16.1 Å². The van der Waals surface area contributed by atoms with E-state index in [0.29, 0.717) is 34.1 Å². The van der Waals surface area contributed by atoms with Gasteiger partial charge in [-0.25, -0.2) is 9.37 Å². The molecule has 1 fully saturated rings. The number of carbonyl (C=O) groups excluding carboxylic acids is 1. The number of benzene rings is 1. The Morgan fingerprint density at radius 1 is 1.35 bits per heavy atom. The fourth-order valence-corrected chi connectivity index (χ4v) is 5.50. The van der Waals surface area contributed by atoms with Gasteiger partial charge in [0.2, 0.25) is 5.91 Å². The fraction of sp³-hybridized carbons (Fsp3) is 0.409. The maximum absolute atomic E-state index is 13.5. The van der Waals surface area contributed by atoms with Crippen molar-refractivity contribution in [3.05, 3.63) is 56.4 Å². The molecule has 164 valence electrons. The number of aromatic nitrogens is 2. The first-order valence-corrected chi connectivity index (χ1v) is 11.8. The molecule has 2 heterocycles. The number of thioether (sulfide) groups is 1. The lowest BCUT2D eigenvalue weighted by Gasteiger charge is -2.19. The van der Waals surface area contributed by atoms with E-state index in [1.807, 2.05) is 13.8 Å². The number of hydrogen-bond acceptors (Lipinski definition) is 6. The molecule has 4 rings (SSSR count). The van der Waals surface area contributed by atoms with Gasteiger partial charge >= 0.3 is 0 Å². The SMILES string of the molecule is COCCn1c(SC(C(=O)NC2CC2)c2ccc(F)cc2)nc2sc(C)c(C)c2c1=O. The van der Waals surface area contributed by atoms with E-state index in [1.54, 1.807) is 23.8 Å². The third-order valence-electron chi connectivity index (χ3n) is 5.33. The van der Waals surface area contributed by atoms with Crippen LogP contribution in [0, 0.1) is 19.7 Å². The number of nitrogens with one attached hydrogen (secondary N) is 1. The van der Waals surface area contributed by atoms with Crippen molar-refractivity contribution in [3.63, 3.8) is 0 Å². The molecule has 1 N–H and O–H groups in total. The smallest absolute Gasteiger partial charge is 0.263 e. The zero-order valence-corrected chi connectivity index (χ0v) is 19.2. The highest BCUT2D eigenvalue weighted by Gasteiger charge is 2.31. The fourth-order valence-electron chi connectivity index (χ4n) is 3.30. The van der Waals surface area contributed by atoms with Gasteiger partial charge in [0.1, 0.15) is 15.9 Å². The zero-order valence-electron chi connectivity index (χ0n) is 17.6. The number of halogens is 1. The van der Waals surface area contributed by atoms with Crippen LogP contribution in [0.25, 0.3) is 10.2 Å². The molecule has 1 aromatic carbocycles. The Kier molecular flexibility index (Phi) is 6.45. The summed E-state index contributed by atoms with van der Waals surface area (Å²) in [5.74, 6) is -0.526. The van der Waals surface area contributed by atoms with E-state index in [0.717, 1.165) is 23.3 Å². The van der Waals surface area contributed by atoms with Crippen molar-refractivity contribution in [3.8, 4) is 0 Å². The van der Waals surface area contributed by atoms with E-state index in [9.17, 15) is 14.0 Å². The minimum absolute atomic E-state index is 0.133. The third kappa shape index (κ3) is 4.68. The lowest BCUT2D eigenvalue weighted by Crippen LogP contribution is -2.31. The molecule has 31 heavy (non-hydrogen) atoms. The summed E-state index contributed by atoms with van der Waals surface area (Å²) in [5, 5.41) is 3.44. The van der Waals surface area contributed by atoms with Crippen molar-refractivity contribution in [2.24, 2.45) is 0 Å². The first-order valence-electron chi connectivity index (χ1n) is 10.1. The first-order chi connectivity index (χ1) is 14.9. The number of aryl methyl sites for hydroxylation is 2. The van der Waals surface area contributed by atoms with Crippen LogP contribution in [0.4, 0.5) is 4.39 Å². The van der Waals surface area contributed by atoms with Crippen molar-refractivity contribution in [2.75, 3.05) is 13.7 Å². The van der Waals surface area contributed by atoms with E-state index in [2.05, 4.69) is 5.32 Å². The summed E-state index contributed by atoms with van der Waals surface area (Å²) in [7, 11) is 1.58. The molecule has 1 atom stereocenters. The Hall–Kier alpha value is -2.23. The van der Waals surface area contributed by atoms with Gasteiger partial charge in [0.15, 0.2) is 5.16 Å². The number of hydrogen-bond donors (Lipinski definition) is 1. The highest BCUT2D eigenvalue weighted by Crippen LogP contribution is 2.37. The normalized spacial score (nSPS) is 14.7. The Labute approximate surface area is 187 Å². The molecular weight excluding hydrogens is 437 g/mol. The van der Waals surface area contributed by atoms with Gasteiger partial charge in [0.05, 0.1) is 18.5 Å². The monoisotopic (exact) mass is 461 g/mol. The van der Waals surface area contributed by atoms with Crippen molar-refractivity contribution in [1.82, 2.24) is 14.9 Å². The van der Waals surface area contributed by atoms with Crippen LogP contribution in [-0.4, -0.2) is 35.2 Å². The summed E-state index contributed by atoms with van der Waals surface area (Å²) in [5.41, 5.74) is 1.46. The lowest BCUT2D eigenvalue weighted by molar-refractivity contribution is -0.120. The average Bonchev–Trinajstić information content (AvgIpc) is 3.50. The minimum Gasteiger partial charge on any atom is -0.383 e. The van der Waals surface area contributed by atoms with Crippen LogP contribution < -0.4 is 10.9 Å². The van der Waals surface area contributed by atoms with Gasteiger partial charge in [-0.05, 0) is 49.9 Å². The molecule has 1 aliphatic rings. The summed E-state index contributed by atoms with van der Waals surface area (Å²) in [6, 6.07) is 6.08. The van der Waals surface area contributed by atoms with Crippen LogP contribution in [0.1, 0.15) is 34.1 Å². The van der Waals surface area contributed by atoms with Crippen molar-refractivity contribution < 1.29 is 13.9 Å². The van der Waals surface area contributed by atoms with Gasteiger partial charge < -0.3 is 10.1 Å². The van der Waals surface area contributed by atoms with Gasteiger partial charge in [-0.15, -0.1) is 11.3 Å². The van der Waals surface area contributed by atoms with E-state index >= 15 is 0 Å². The lowest BCUT2D eigenvalue weighted by atomic mass is 10.1. The molecule has 3 aromatic rings. The third-order valence-corrected chi connectivity index (χ3v) is 7.68. The van der Waals surface area contributed by atoms with Gasteiger partial charge in [-0.1, -0.05) is 23.9 Å². The van der Waals surface area contributed by atoms with Crippen LogP contribution in [0.15, 0.2) is 34.2 Å². The Morgan fingerprint density at radius 2 is 2.06 bits per heavy atom. The Balaban J connectivity index is 1.78. The van der Waals surface area contributed by atoms with Gasteiger partial charge in [-0.3, -0.25) is 14.2 Å². The minimum atomic E-state index is -0.651. The Morgan fingerprint density at radius 3 is 2.71 bits per heavy atom. The molecule has 0 saturated heterocycles. The standard InChI is InChI=1S/C22H24FN3O3S2/c1-12-13(2)30-20-17(12)21(28)26(10-11-29-3)22(25-20)31-18(19(27)24-16-8-9-16)14-4-6-15(23)7-5-14/h4-7,16,18H,8-11H2,1-3H3,(H,24,27). The summed E-state index contributed by atoms with van der Waals surface area (Å²) >= 11 is 2.69. The molecule has 1 saturated carbocycles. The van der Waals surface area contributed by atoms with Crippen molar-refractivity contribution in [2.45, 2.75) is 49.7 Å². The van der Waals surface area contributed by atoms with E-state index in [-0.39, 0.29) is 23.3 Å². The molecule has 0 aliphatic heterocycles. The summed E-state index contributed by atoms with van der Waals surface area (Å²) in [4.78, 5) is 32.8. The molecule has 1 aliphatic carbocycles. The quantitative estimate of drug-likeness (QED) is 0.406. The predicted octanol–water partition coefficient (Wildman–Crippen LogP) is 3.97. The summed E-state index contributed by atoms with van der Waals surface area (Å²) in [6.45, 7) is 4.57. The van der Waals surface area contributed by atoms with Crippen molar-refractivity contribution in [1.29, 1.82) is 0 Å². The second-order valence-corrected chi connectivity index (χ2v) is 9.92. The molecule has 1 amide bonds. The number of amides is 1. The molecular formula is C22H24FN3O3S2. The second-order valence-electron chi connectivity index (χ2n) is 7.64. The van der Waals surface area contributed by atoms with E-state index < -0.39 is 5.25 Å². The summed E-state index contributed by atoms with van der Waals surface area (Å²) in [6.07, 6.45) is 1.92. The number of rotatable bonds is 8. The molecule has 0 radical (unpaired) electrons. The first kappa shape index (κ1) is 22.0. The zero-order chi connectivity index (χ0) is 22.1. The predicted molar refractivity (Wildman–Crippen MR) is 121 cm³/mol. The maximum atomic E-state index is 13.5. The second kappa shape index (κ2) is 9.10. The average molecular weight is 462 g/mol. The van der Waals surface area contributed by atoms with Crippen LogP contribution in [0.5, 0.6) is 0 Å². The summed E-state index contributed by atoms with van der Waals surface area (Å²) < 4.78 is 20.3. The largest absolute Gasteiger partial charge is 0.383 e. The van der Waals surface area contributed by atoms with Gasteiger partial charge in [-0.2, -0.15) is 0 Å². The van der Waals surface area contributed by atoms with E-state index in [1.165, 1.54) is 35.2 Å². The van der Waals surface area contributed by atoms with Crippen molar-refractivity contribution >= 4 is 39.2 Å². The number of methoxy groups -OCH3 is 1. The highest BCUT2D eigenvalue weighted by molar-refractivity contribution is 8.00. The number of carbonyl (C=O) groups is 1. The van der Waals surface area contributed by atoms with Gasteiger partial charge in [0.25, 0.3) is 5.56 Å². The molecule has 2 aromatic heterocycles. The van der Waals surface area contributed by atoms with Crippen LogP contribution in [0.2, 0.25) is 0 Å². The molecule has 0 spiro atoms. The van der Waals surface area contributed by atoms with Gasteiger partial charge in [0, 0.05) is 18.0 Å². The molecule has 9 heteroatoms. The number of thiophene rings is 1. The van der Waals surface area contributed by atoms with Crippen LogP contribution in [0.3, 0.4) is 0 Å². The topological polar surface area (TPSA) is 73.2 Å². The maximum Gasteiger partial charge on any atom is 0.263 e. The highest BCUT2D eigenvalue weighted by atomic mass is 32.2. The molecule has 0 bridgehead atoms. The Bertz CT molecular complexity index is 1170. The number of nitrogens with zero attached hydrogens (tertiary/aromatic N) is 2. The number of fused-ring (bicyclic) bond motifs is 1. The molecule has 6 nitrogen and oxygen atoms in total. The van der Waals surface area contributed by atoms with Crippen LogP contribution >= 0.6 is 23.1 Å². The number of ether oxygens (including phenoxy) is 1. The van der Waals surface area contributed by atoms with E-state index in [4.69, 9.17) is 9.72 Å². The molecule has 1 unspecified atom stereocenters.